The number of carbonyl (C=O) groups excluding carboxylic acids is 1. The Hall–Kier alpha value is -1.76. The number of carbonyl (C=O) groups is 1. The van der Waals surface area contributed by atoms with Gasteiger partial charge >= 0.3 is 0 Å². The van der Waals surface area contributed by atoms with E-state index in [1.807, 2.05) is 12.1 Å². The number of piperidine rings is 1. The minimum absolute atomic E-state index is 0.0373. The van der Waals surface area contributed by atoms with Gasteiger partial charge in [-0.25, -0.2) is 13.8 Å². The monoisotopic (exact) mass is 398 g/mol. The Morgan fingerprint density at radius 2 is 1.92 bits per heavy atom. The third-order valence-electron chi connectivity index (χ3n) is 4.69. The van der Waals surface area contributed by atoms with E-state index in [9.17, 15) is 13.6 Å². The summed E-state index contributed by atoms with van der Waals surface area (Å²) < 4.78 is 31.7. The maximum Gasteiger partial charge on any atom is 0.291 e. The van der Waals surface area contributed by atoms with E-state index in [1.165, 1.54) is 5.56 Å². The molecule has 7 heteroatoms. The van der Waals surface area contributed by atoms with Crippen molar-refractivity contribution >= 4 is 21.8 Å². The van der Waals surface area contributed by atoms with Gasteiger partial charge in [-0.3, -0.25) is 4.79 Å². The topological polar surface area (TPSA) is 46.3 Å². The fraction of sp³-hybridized carbons (Fsp3) is 0.412. The number of rotatable bonds is 3. The van der Waals surface area contributed by atoms with Crippen LogP contribution in [0.15, 0.2) is 39.5 Å². The normalized spacial score (nSPS) is 17.3. The summed E-state index contributed by atoms with van der Waals surface area (Å²) >= 11 is 3.43. The van der Waals surface area contributed by atoms with Crippen LogP contribution >= 0.6 is 15.9 Å². The number of amides is 1. The molecule has 0 atom stereocenters. The van der Waals surface area contributed by atoms with Crippen molar-refractivity contribution in [2.24, 2.45) is 0 Å². The third kappa shape index (κ3) is 3.22. The minimum atomic E-state index is -2.82. The zero-order valence-electron chi connectivity index (χ0n) is 13.1. The van der Waals surface area contributed by atoms with Crippen LogP contribution < -0.4 is 0 Å². The van der Waals surface area contributed by atoms with Gasteiger partial charge in [0.05, 0.1) is 0 Å². The SMILES string of the molecule is CC1(c2ccc(Br)cc2)CCN(C(=O)c2ocnc2C(F)F)CC1. The summed E-state index contributed by atoms with van der Waals surface area (Å²) in [4.78, 5) is 17.4. The number of halogens is 3. The first-order valence-corrected chi connectivity index (χ1v) is 8.47. The number of hydrogen-bond donors (Lipinski definition) is 0. The van der Waals surface area contributed by atoms with Gasteiger partial charge in [0.25, 0.3) is 12.3 Å². The van der Waals surface area contributed by atoms with Crippen molar-refractivity contribution in [2.75, 3.05) is 13.1 Å². The molecule has 1 aromatic heterocycles. The first-order valence-electron chi connectivity index (χ1n) is 7.67. The molecule has 1 aromatic carbocycles. The van der Waals surface area contributed by atoms with Gasteiger partial charge in [0.2, 0.25) is 5.76 Å². The van der Waals surface area contributed by atoms with E-state index in [-0.39, 0.29) is 11.2 Å². The van der Waals surface area contributed by atoms with Crippen molar-refractivity contribution < 1.29 is 18.0 Å². The Balaban J connectivity index is 1.71. The maximum absolute atomic E-state index is 12.9. The number of alkyl halides is 2. The van der Waals surface area contributed by atoms with E-state index in [2.05, 4.69) is 40.0 Å². The van der Waals surface area contributed by atoms with Crippen molar-refractivity contribution in [1.29, 1.82) is 0 Å². The second-order valence-corrected chi connectivity index (χ2v) is 7.14. The van der Waals surface area contributed by atoms with Crippen LogP contribution in [0.5, 0.6) is 0 Å². The second kappa shape index (κ2) is 6.63. The Morgan fingerprint density at radius 3 is 2.50 bits per heavy atom. The molecule has 0 spiro atoms. The van der Waals surface area contributed by atoms with Gasteiger partial charge in [0, 0.05) is 17.6 Å². The molecule has 0 saturated carbocycles. The summed E-state index contributed by atoms with van der Waals surface area (Å²) in [7, 11) is 0. The van der Waals surface area contributed by atoms with Crippen molar-refractivity contribution in [3.8, 4) is 0 Å². The number of nitrogens with zero attached hydrogens (tertiary/aromatic N) is 2. The molecule has 1 fully saturated rings. The number of hydrogen-bond acceptors (Lipinski definition) is 3. The molecule has 0 unspecified atom stereocenters. The highest BCUT2D eigenvalue weighted by atomic mass is 79.9. The molecule has 1 aliphatic rings. The van der Waals surface area contributed by atoms with E-state index in [0.29, 0.717) is 13.1 Å². The zero-order valence-corrected chi connectivity index (χ0v) is 14.7. The second-order valence-electron chi connectivity index (χ2n) is 6.23. The standard InChI is InChI=1S/C17H17BrF2N2O2/c1-17(11-2-4-12(18)5-3-11)6-8-22(9-7-17)16(23)14-13(15(19)20)21-10-24-14/h2-5,10,15H,6-9H2,1H3. The molecule has 1 amide bonds. The van der Waals surface area contributed by atoms with E-state index in [0.717, 1.165) is 23.7 Å². The van der Waals surface area contributed by atoms with E-state index in [1.54, 1.807) is 4.90 Å². The van der Waals surface area contributed by atoms with Crippen molar-refractivity contribution in [2.45, 2.75) is 31.6 Å². The Kier molecular flexibility index (Phi) is 4.71. The lowest BCUT2D eigenvalue weighted by Gasteiger charge is -2.39. The Morgan fingerprint density at radius 1 is 1.29 bits per heavy atom. The number of benzene rings is 1. The van der Waals surface area contributed by atoms with Gasteiger partial charge in [0.1, 0.15) is 0 Å². The molecule has 1 aliphatic heterocycles. The largest absolute Gasteiger partial charge is 0.438 e. The molecule has 1 saturated heterocycles. The average Bonchev–Trinajstić information content (AvgIpc) is 3.05. The van der Waals surface area contributed by atoms with Gasteiger partial charge in [-0.2, -0.15) is 0 Å². The van der Waals surface area contributed by atoms with Crippen LogP contribution in [0.3, 0.4) is 0 Å². The average molecular weight is 399 g/mol. The van der Waals surface area contributed by atoms with Crippen molar-refractivity contribution in [3.63, 3.8) is 0 Å². The number of likely N-dealkylation sites (tertiary alicyclic amines) is 1. The molecule has 128 valence electrons. The first kappa shape index (κ1) is 17.1. The lowest BCUT2D eigenvalue weighted by molar-refractivity contribution is 0.0629. The summed E-state index contributed by atoms with van der Waals surface area (Å²) in [6, 6.07) is 8.16. The quantitative estimate of drug-likeness (QED) is 0.760. The van der Waals surface area contributed by atoms with Crippen LogP contribution in [0.1, 0.15) is 48.0 Å². The minimum Gasteiger partial charge on any atom is -0.438 e. The van der Waals surface area contributed by atoms with Gasteiger partial charge in [-0.05, 0) is 36.0 Å². The van der Waals surface area contributed by atoms with Crippen molar-refractivity contribution in [3.05, 3.63) is 52.1 Å². The van der Waals surface area contributed by atoms with Gasteiger partial charge in [0.15, 0.2) is 12.1 Å². The van der Waals surface area contributed by atoms with E-state index >= 15 is 0 Å². The molecule has 2 heterocycles. The molecule has 3 rings (SSSR count). The smallest absolute Gasteiger partial charge is 0.291 e. The van der Waals surface area contributed by atoms with Crippen LogP contribution in [0.4, 0.5) is 8.78 Å². The van der Waals surface area contributed by atoms with Crippen LogP contribution in [-0.2, 0) is 5.41 Å². The molecule has 0 radical (unpaired) electrons. The molecule has 0 bridgehead atoms. The summed E-state index contributed by atoms with van der Waals surface area (Å²) in [5.74, 6) is -0.863. The Bertz CT molecular complexity index is 722. The molecule has 24 heavy (non-hydrogen) atoms. The summed E-state index contributed by atoms with van der Waals surface area (Å²) in [6.07, 6.45) is -0.401. The summed E-state index contributed by atoms with van der Waals surface area (Å²) in [5, 5.41) is 0. The molecular formula is C17H17BrF2N2O2. The molecule has 2 aromatic rings. The van der Waals surface area contributed by atoms with Gasteiger partial charge < -0.3 is 9.32 Å². The van der Waals surface area contributed by atoms with E-state index < -0.39 is 18.0 Å². The molecule has 0 aliphatic carbocycles. The lowest BCUT2D eigenvalue weighted by atomic mass is 9.74. The highest BCUT2D eigenvalue weighted by molar-refractivity contribution is 9.10. The van der Waals surface area contributed by atoms with Crippen molar-refractivity contribution in [1.82, 2.24) is 9.88 Å². The van der Waals surface area contributed by atoms with Crippen LogP contribution in [0, 0.1) is 0 Å². The third-order valence-corrected chi connectivity index (χ3v) is 5.22. The molecular weight excluding hydrogens is 382 g/mol. The zero-order chi connectivity index (χ0) is 17.3. The van der Waals surface area contributed by atoms with E-state index in [4.69, 9.17) is 4.42 Å². The predicted molar refractivity (Wildman–Crippen MR) is 88.1 cm³/mol. The molecule has 0 N–H and O–H groups in total. The fourth-order valence-electron chi connectivity index (χ4n) is 3.06. The predicted octanol–water partition coefficient (Wildman–Crippen LogP) is 4.57. The van der Waals surface area contributed by atoms with Gasteiger partial charge in [-0.15, -0.1) is 0 Å². The summed E-state index contributed by atoms with van der Waals surface area (Å²) in [6.45, 7) is 3.15. The van der Waals surface area contributed by atoms with Gasteiger partial charge in [-0.1, -0.05) is 35.0 Å². The number of oxazole rings is 1. The summed E-state index contributed by atoms with van der Waals surface area (Å²) in [5.41, 5.74) is 0.594. The van der Waals surface area contributed by atoms with Crippen LogP contribution in [-0.4, -0.2) is 28.9 Å². The lowest BCUT2D eigenvalue weighted by Crippen LogP contribution is -2.44. The number of aromatic nitrogens is 1. The maximum atomic E-state index is 12.9. The highest BCUT2D eigenvalue weighted by Crippen LogP contribution is 2.36. The van der Waals surface area contributed by atoms with Crippen LogP contribution in [0.2, 0.25) is 0 Å². The Labute approximate surface area is 147 Å². The van der Waals surface area contributed by atoms with Crippen LogP contribution in [0.25, 0.3) is 0 Å². The fourth-order valence-corrected chi connectivity index (χ4v) is 3.32. The first-order chi connectivity index (χ1) is 11.4. The highest BCUT2D eigenvalue weighted by Gasteiger charge is 2.35. The molecule has 4 nitrogen and oxygen atoms in total.